The smallest absolute Gasteiger partial charge is 0.744 e. The second-order valence-electron chi connectivity index (χ2n) is 5.62. The van der Waals surface area contributed by atoms with Crippen LogP contribution in [0, 0.1) is 6.20 Å². The number of nitrogens with zero attached hydrogens (tertiary/aromatic N) is 4. The van der Waals surface area contributed by atoms with E-state index in [4.69, 9.17) is 0 Å². The van der Waals surface area contributed by atoms with Crippen molar-refractivity contribution in [2.45, 2.75) is 16.3 Å². The van der Waals surface area contributed by atoms with Crippen LogP contribution in [0.3, 0.4) is 0 Å². The van der Waals surface area contributed by atoms with Crippen molar-refractivity contribution in [1.82, 2.24) is 9.78 Å². The predicted molar refractivity (Wildman–Crippen MR) is 94.7 cm³/mol. The maximum absolute atomic E-state index is 11.0. The topological polar surface area (TPSA) is 177 Å². The van der Waals surface area contributed by atoms with Crippen molar-refractivity contribution in [3.05, 3.63) is 60.3 Å². The number of azo groups is 1. The number of aromatic nitrogens is 2. The van der Waals surface area contributed by atoms with Gasteiger partial charge in [0.05, 0.1) is 27.9 Å². The second-order valence-corrected chi connectivity index (χ2v) is 8.38. The van der Waals surface area contributed by atoms with Crippen LogP contribution in [0.15, 0.2) is 68.6 Å². The van der Waals surface area contributed by atoms with E-state index in [1.807, 2.05) is 0 Å². The van der Waals surface area contributed by atoms with Crippen LogP contribution in [0.1, 0.15) is 5.56 Å². The number of aromatic hydroxyl groups is 1. The Hall–Kier alpha value is -0.130. The first-order valence-electron chi connectivity index (χ1n) is 7.74. The Morgan fingerprint density at radius 1 is 0.875 bits per heavy atom. The summed E-state index contributed by atoms with van der Waals surface area (Å²) in [6, 6.07) is 9.56. The van der Waals surface area contributed by atoms with E-state index < -0.39 is 25.1 Å². The Kier molecular flexibility index (Phi) is 13.0. The number of hydrogen-bond acceptors (Lipinski definition) is 10. The molecule has 0 bridgehead atoms. The quantitative estimate of drug-likeness (QED) is 0.149. The summed E-state index contributed by atoms with van der Waals surface area (Å²) in [5.74, 6) is -0.311. The Bertz CT molecular complexity index is 1280. The summed E-state index contributed by atoms with van der Waals surface area (Å²) in [5, 5.41) is 21.8. The summed E-state index contributed by atoms with van der Waals surface area (Å²) < 4.78 is 66.5. The third-order valence-electron chi connectivity index (χ3n) is 3.67. The van der Waals surface area contributed by atoms with E-state index >= 15 is 0 Å². The molecule has 0 spiro atoms. The molecule has 1 aromatic heterocycles. The average Bonchev–Trinajstić information content (AvgIpc) is 3.01. The zero-order valence-corrected chi connectivity index (χ0v) is 25.0. The first kappa shape index (κ1) is 31.9. The first-order valence-corrected chi connectivity index (χ1v) is 10.6. The number of benzene rings is 2. The summed E-state index contributed by atoms with van der Waals surface area (Å²) in [7, 11) is -9.13. The van der Waals surface area contributed by atoms with Gasteiger partial charge in [-0.05, 0) is 48.5 Å². The largest absolute Gasteiger partial charge is 1.00 e. The average molecular weight is 504 g/mol. The monoisotopic (exact) mass is 504 g/mol. The fourth-order valence-electron chi connectivity index (χ4n) is 2.24. The molecule has 0 radical (unpaired) electrons. The molecule has 0 amide bonds. The predicted octanol–water partition coefficient (Wildman–Crippen LogP) is -7.52. The van der Waals surface area contributed by atoms with Crippen molar-refractivity contribution in [2.24, 2.45) is 10.2 Å². The molecule has 0 atom stereocenters. The minimum absolute atomic E-state index is 0. The van der Waals surface area contributed by atoms with Crippen molar-refractivity contribution in [3.63, 3.8) is 0 Å². The molecule has 3 rings (SSSR count). The molecule has 1 heterocycles. The molecular weight excluding hydrogens is 493 g/mol. The fourth-order valence-corrected chi connectivity index (χ4v) is 3.18. The van der Waals surface area contributed by atoms with E-state index in [-0.39, 0.29) is 112 Å². The molecule has 0 aliphatic heterocycles. The molecule has 11 nitrogen and oxygen atoms in total. The molecule has 2 aromatic carbocycles. The molecule has 0 saturated heterocycles. The van der Waals surface area contributed by atoms with Crippen molar-refractivity contribution in [2.75, 3.05) is 0 Å². The van der Waals surface area contributed by atoms with Gasteiger partial charge in [0.25, 0.3) is 0 Å². The van der Waals surface area contributed by atoms with Crippen molar-refractivity contribution in [3.8, 4) is 11.6 Å². The van der Waals surface area contributed by atoms with Crippen LogP contribution in [0.5, 0.6) is 5.88 Å². The van der Waals surface area contributed by atoms with Gasteiger partial charge in [0.2, 0.25) is 0 Å². The van der Waals surface area contributed by atoms with E-state index in [9.17, 15) is 31.0 Å². The summed E-state index contributed by atoms with van der Waals surface area (Å²) >= 11 is 0. The zero-order chi connectivity index (χ0) is 21.2. The molecule has 152 valence electrons. The maximum atomic E-state index is 11.0. The van der Waals surface area contributed by atoms with Crippen LogP contribution in [0.25, 0.3) is 5.69 Å². The fraction of sp³-hybridized carbons (Fsp3) is 0.0625. The first-order chi connectivity index (χ1) is 13.6. The van der Waals surface area contributed by atoms with Gasteiger partial charge in [0.15, 0.2) is 0 Å². The van der Waals surface area contributed by atoms with E-state index in [0.717, 1.165) is 28.9 Å². The van der Waals surface area contributed by atoms with Gasteiger partial charge < -0.3 is 14.2 Å². The maximum Gasteiger partial charge on any atom is 1.00 e. The third kappa shape index (κ3) is 8.27. The Morgan fingerprint density at radius 2 is 1.34 bits per heavy atom. The van der Waals surface area contributed by atoms with E-state index in [0.29, 0.717) is 11.4 Å². The van der Waals surface area contributed by atoms with Crippen LogP contribution < -0.4 is 88.7 Å². The van der Waals surface area contributed by atoms with Gasteiger partial charge in [-0.1, -0.05) is 0 Å². The second kappa shape index (κ2) is 13.1. The SMILES string of the molecule is O=S(=O)([O-])c1ccc(N=NCc2[c-]nn(-c3ccc(S(=O)(=O)[O-])cc3)c2O)cc1.[Na+].[Na+].[Na+]. The van der Waals surface area contributed by atoms with Gasteiger partial charge in [0, 0.05) is 5.69 Å². The summed E-state index contributed by atoms with van der Waals surface area (Å²) in [4.78, 5) is -0.804. The van der Waals surface area contributed by atoms with Crippen molar-refractivity contribution < 1.29 is 120 Å². The minimum atomic E-state index is -4.58. The molecule has 0 saturated carbocycles. The standard InChI is InChI=1S/C16H13N4O7S2.3Na/c21-16-11(9-17-19-12-1-5-14(6-2-12)28(22,23)24)10-18-20(16)13-3-7-15(8-4-13)29(25,26)27;;;/h1-8,21H,9H2,(H,22,23,24)(H,25,26,27);;;/q-1;3*+1/p-2. The van der Waals surface area contributed by atoms with Gasteiger partial charge in [-0.15, -0.1) is 11.8 Å². The zero-order valence-electron chi connectivity index (χ0n) is 17.3. The molecule has 1 N–H and O–H groups in total. The Labute approximate surface area is 250 Å². The van der Waals surface area contributed by atoms with Crippen molar-refractivity contribution in [1.29, 1.82) is 0 Å². The van der Waals surface area contributed by atoms with E-state index in [1.54, 1.807) is 0 Å². The Morgan fingerprint density at radius 3 is 1.81 bits per heavy atom. The normalized spacial score (nSPS) is 11.3. The van der Waals surface area contributed by atoms with Crippen LogP contribution in [-0.2, 0) is 26.8 Å². The molecule has 3 aromatic rings. The van der Waals surface area contributed by atoms with Crippen LogP contribution >= 0.6 is 0 Å². The van der Waals surface area contributed by atoms with Gasteiger partial charge in [-0.2, -0.15) is 10.2 Å². The summed E-state index contributed by atoms with van der Waals surface area (Å²) in [6.45, 7) is -0.111. The molecule has 0 fully saturated rings. The third-order valence-corrected chi connectivity index (χ3v) is 5.36. The minimum Gasteiger partial charge on any atom is -0.744 e. The molecule has 0 unspecified atom stereocenters. The van der Waals surface area contributed by atoms with E-state index in [2.05, 4.69) is 21.5 Å². The van der Waals surface area contributed by atoms with E-state index in [1.165, 1.54) is 24.3 Å². The van der Waals surface area contributed by atoms with Crippen molar-refractivity contribution >= 4 is 25.9 Å². The van der Waals surface area contributed by atoms with Crippen LogP contribution in [-0.4, -0.2) is 40.8 Å². The van der Waals surface area contributed by atoms with Crippen LogP contribution in [0.4, 0.5) is 5.69 Å². The molecule has 16 heteroatoms. The molecule has 0 aliphatic carbocycles. The molecule has 0 aliphatic rings. The summed E-state index contributed by atoms with van der Waals surface area (Å²) in [5.41, 5.74) is 0.774. The summed E-state index contributed by atoms with van der Waals surface area (Å²) in [6.07, 6.45) is 2.54. The number of rotatable bonds is 6. The number of hydrogen-bond donors (Lipinski definition) is 1. The van der Waals surface area contributed by atoms with Gasteiger partial charge in [-0.3, -0.25) is 9.78 Å². The molecule has 32 heavy (non-hydrogen) atoms. The van der Waals surface area contributed by atoms with Crippen LogP contribution in [0.2, 0.25) is 0 Å². The van der Waals surface area contributed by atoms with Gasteiger partial charge >= 0.3 is 88.7 Å². The molecular formula is C16H11N4Na3O7S2. The van der Waals surface area contributed by atoms with Gasteiger partial charge in [-0.25, -0.2) is 16.8 Å². The van der Waals surface area contributed by atoms with Gasteiger partial charge in [0.1, 0.15) is 20.2 Å². The Balaban J connectivity index is 0.00000320.